The molecule has 0 aromatic rings. The van der Waals surface area contributed by atoms with Crippen LogP contribution in [0, 0.1) is 0 Å². The second kappa shape index (κ2) is 3.03. The van der Waals surface area contributed by atoms with Crippen LogP contribution in [-0.4, -0.2) is 11.2 Å². The lowest BCUT2D eigenvalue weighted by Gasteiger charge is -1.95. The molecule has 0 aromatic heterocycles. The van der Waals surface area contributed by atoms with Crippen molar-refractivity contribution in [2.75, 3.05) is 0 Å². The van der Waals surface area contributed by atoms with E-state index in [0.717, 1.165) is 6.42 Å². The molecule has 0 saturated carbocycles. The summed E-state index contributed by atoms with van der Waals surface area (Å²) in [5, 5.41) is -0.264. The van der Waals surface area contributed by atoms with E-state index in [9.17, 15) is 4.79 Å². The van der Waals surface area contributed by atoms with Gasteiger partial charge in [0, 0.05) is 0 Å². The molecule has 0 rings (SSSR count). The van der Waals surface area contributed by atoms with E-state index in [2.05, 4.69) is 0 Å². The van der Waals surface area contributed by atoms with Crippen molar-refractivity contribution in [1.29, 1.82) is 0 Å². The van der Waals surface area contributed by atoms with Gasteiger partial charge >= 0.3 is 0 Å². The summed E-state index contributed by atoms with van der Waals surface area (Å²) in [6.45, 7) is 3.39. The maximum absolute atomic E-state index is 10.2. The van der Waals surface area contributed by atoms with Crippen molar-refractivity contribution in [2.45, 2.75) is 25.6 Å². The first-order chi connectivity index (χ1) is 3.18. The third-order valence-electron chi connectivity index (χ3n) is 0.800. The van der Waals surface area contributed by atoms with E-state index in [0.29, 0.717) is 0 Å². The van der Waals surface area contributed by atoms with Crippen molar-refractivity contribution in [1.82, 2.24) is 0 Å². The quantitative estimate of drug-likeness (QED) is 0.506. The lowest BCUT2D eigenvalue weighted by molar-refractivity contribution is -0.116. The second-order valence-corrected chi connectivity index (χ2v) is 2.01. The maximum atomic E-state index is 10.2. The summed E-state index contributed by atoms with van der Waals surface area (Å²) in [7, 11) is 0. The third-order valence-corrected chi connectivity index (χ3v) is 1.42. The number of Topliss-reactive ketones (excluding diaryl/α,β-unsaturated/α-hetero) is 1. The lowest BCUT2D eigenvalue weighted by Crippen LogP contribution is -2.07. The molecule has 0 radical (unpaired) electrons. The molecule has 0 saturated heterocycles. The van der Waals surface area contributed by atoms with Crippen LogP contribution in [0.25, 0.3) is 0 Å². The summed E-state index contributed by atoms with van der Waals surface area (Å²) in [6, 6.07) is 0. The number of halogens is 1. The van der Waals surface area contributed by atoms with Gasteiger partial charge in [-0.2, -0.15) is 0 Å². The van der Waals surface area contributed by atoms with E-state index in [1.807, 2.05) is 6.92 Å². The Hall–Kier alpha value is -0.0400. The van der Waals surface area contributed by atoms with Crippen LogP contribution in [0.15, 0.2) is 0 Å². The Morgan fingerprint density at radius 2 is 2.29 bits per heavy atom. The van der Waals surface area contributed by atoms with Gasteiger partial charge in [0.05, 0.1) is 5.38 Å². The zero-order valence-corrected chi connectivity index (χ0v) is 5.33. The topological polar surface area (TPSA) is 17.1 Å². The minimum atomic E-state index is -0.264. The van der Waals surface area contributed by atoms with Crippen LogP contribution in [0.3, 0.4) is 0 Å². The minimum Gasteiger partial charge on any atom is -0.298 e. The molecule has 0 aromatic carbocycles. The van der Waals surface area contributed by atoms with E-state index in [1.165, 1.54) is 6.92 Å². The summed E-state index contributed by atoms with van der Waals surface area (Å²) in [6.07, 6.45) is 0.733. The number of carbonyl (C=O) groups excluding carboxylic acids is 1. The molecule has 1 nitrogen and oxygen atoms in total. The smallest absolute Gasteiger partial charge is 0.147 e. The number of carbonyl (C=O) groups is 1. The average molecular weight is 121 g/mol. The Morgan fingerprint density at radius 3 is 2.29 bits per heavy atom. The molecule has 0 bridgehead atoms. The maximum Gasteiger partial charge on any atom is 0.147 e. The Balaban J connectivity index is 3.34. The number of hydrogen-bond donors (Lipinski definition) is 0. The fourth-order valence-electron chi connectivity index (χ4n) is 0.287. The fourth-order valence-corrected chi connectivity index (χ4v) is 0.287. The van der Waals surface area contributed by atoms with E-state index in [4.69, 9.17) is 11.6 Å². The molecule has 0 N–H and O–H groups in total. The summed E-state index contributed by atoms with van der Waals surface area (Å²) >= 11 is 5.45. The van der Waals surface area contributed by atoms with Gasteiger partial charge in [-0.25, -0.2) is 0 Å². The first kappa shape index (κ1) is 6.96. The third kappa shape index (κ3) is 2.63. The fraction of sp³-hybridized carbons (Fsp3) is 0.800. The normalized spacial score (nSPS) is 13.6. The lowest BCUT2D eigenvalue weighted by atomic mass is 10.2. The van der Waals surface area contributed by atoms with Gasteiger partial charge in [0.1, 0.15) is 5.78 Å². The standard InChI is InChI=1S/C5H9ClO/c1-3-5(6)4(2)7/h5H,3H2,1-2H3. The zero-order chi connectivity index (χ0) is 5.86. The highest BCUT2D eigenvalue weighted by molar-refractivity contribution is 6.30. The molecular formula is C5H9ClO. The number of hydrogen-bond acceptors (Lipinski definition) is 1. The first-order valence-corrected chi connectivity index (χ1v) is 2.76. The molecule has 0 heterocycles. The Kier molecular flexibility index (Phi) is 3.01. The average Bonchev–Trinajstić information content (AvgIpc) is 1.65. The summed E-state index contributed by atoms with van der Waals surface area (Å²) in [5.41, 5.74) is 0. The van der Waals surface area contributed by atoms with Crippen molar-refractivity contribution < 1.29 is 4.79 Å². The van der Waals surface area contributed by atoms with Crippen LogP contribution in [0.2, 0.25) is 0 Å². The molecule has 1 atom stereocenters. The van der Waals surface area contributed by atoms with Crippen LogP contribution in [0.5, 0.6) is 0 Å². The van der Waals surface area contributed by atoms with Crippen LogP contribution < -0.4 is 0 Å². The largest absolute Gasteiger partial charge is 0.298 e. The molecule has 0 amide bonds. The molecule has 0 aliphatic carbocycles. The van der Waals surface area contributed by atoms with Gasteiger partial charge in [-0.1, -0.05) is 6.92 Å². The van der Waals surface area contributed by atoms with Crippen LogP contribution >= 0.6 is 11.6 Å². The van der Waals surface area contributed by atoms with E-state index >= 15 is 0 Å². The van der Waals surface area contributed by atoms with E-state index < -0.39 is 0 Å². The molecule has 0 fully saturated rings. The molecule has 0 aliphatic rings. The van der Waals surface area contributed by atoms with Crippen molar-refractivity contribution >= 4 is 17.4 Å². The number of ketones is 1. The first-order valence-electron chi connectivity index (χ1n) is 2.33. The highest BCUT2D eigenvalue weighted by Gasteiger charge is 2.04. The second-order valence-electron chi connectivity index (χ2n) is 1.49. The predicted molar refractivity (Wildman–Crippen MR) is 30.6 cm³/mol. The van der Waals surface area contributed by atoms with Gasteiger partial charge in [-0.3, -0.25) is 4.79 Å². The molecule has 1 unspecified atom stereocenters. The number of alkyl halides is 1. The van der Waals surface area contributed by atoms with Crippen LogP contribution in [-0.2, 0) is 4.79 Å². The minimum absolute atomic E-state index is 0.0594. The Morgan fingerprint density at radius 1 is 1.86 bits per heavy atom. The van der Waals surface area contributed by atoms with Crippen molar-refractivity contribution in [3.05, 3.63) is 0 Å². The predicted octanol–water partition coefficient (Wildman–Crippen LogP) is 1.59. The van der Waals surface area contributed by atoms with E-state index in [1.54, 1.807) is 0 Å². The van der Waals surface area contributed by atoms with Crippen molar-refractivity contribution in [3.63, 3.8) is 0 Å². The Labute approximate surface area is 48.7 Å². The van der Waals surface area contributed by atoms with Gasteiger partial charge in [0.15, 0.2) is 0 Å². The van der Waals surface area contributed by atoms with Gasteiger partial charge < -0.3 is 0 Å². The molecule has 7 heavy (non-hydrogen) atoms. The summed E-state index contributed by atoms with van der Waals surface area (Å²) < 4.78 is 0. The molecule has 0 spiro atoms. The summed E-state index contributed by atoms with van der Waals surface area (Å²) in [5.74, 6) is 0.0594. The highest BCUT2D eigenvalue weighted by Crippen LogP contribution is 2.00. The van der Waals surface area contributed by atoms with Crippen LogP contribution in [0.1, 0.15) is 20.3 Å². The van der Waals surface area contributed by atoms with Gasteiger partial charge in [-0.05, 0) is 13.3 Å². The number of rotatable bonds is 2. The van der Waals surface area contributed by atoms with Gasteiger partial charge in [0.2, 0.25) is 0 Å². The SMILES string of the molecule is CCC(Cl)C(C)=O. The highest BCUT2D eigenvalue weighted by atomic mass is 35.5. The monoisotopic (exact) mass is 120 g/mol. The molecule has 42 valence electrons. The van der Waals surface area contributed by atoms with Gasteiger partial charge in [-0.15, -0.1) is 11.6 Å². The summed E-state index contributed by atoms with van der Waals surface area (Å²) in [4.78, 5) is 10.2. The van der Waals surface area contributed by atoms with Crippen LogP contribution in [0.4, 0.5) is 0 Å². The molecule has 0 aliphatic heterocycles. The molecule has 2 heteroatoms. The zero-order valence-electron chi connectivity index (χ0n) is 4.57. The van der Waals surface area contributed by atoms with Gasteiger partial charge in [0.25, 0.3) is 0 Å². The van der Waals surface area contributed by atoms with Crippen molar-refractivity contribution in [3.8, 4) is 0 Å². The van der Waals surface area contributed by atoms with E-state index in [-0.39, 0.29) is 11.2 Å². The molecular weight excluding hydrogens is 112 g/mol. The Bertz CT molecular complexity index is 70.5. The van der Waals surface area contributed by atoms with Crippen molar-refractivity contribution in [2.24, 2.45) is 0 Å².